The molecule has 10 heteroatoms. The van der Waals surface area contributed by atoms with E-state index < -0.39 is 0 Å². The summed E-state index contributed by atoms with van der Waals surface area (Å²) in [6.45, 7) is 4.89. The highest BCUT2D eigenvalue weighted by Crippen LogP contribution is 2.31. The second-order valence-corrected chi connectivity index (χ2v) is 9.90. The quantitative estimate of drug-likeness (QED) is 0.400. The fourth-order valence-corrected chi connectivity index (χ4v) is 5.56. The van der Waals surface area contributed by atoms with Crippen LogP contribution in [-0.4, -0.2) is 73.6 Å². The molecule has 2 saturated heterocycles. The van der Waals surface area contributed by atoms with E-state index in [9.17, 15) is 5.26 Å². The Kier molecular flexibility index (Phi) is 5.82. The number of hydrogen-bond acceptors (Lipinski definition) is 8. The maximum atomic E-state index is 15.5. The molecule has 37 heavy (non-hydrogen) atoms. The molecule has 9 nitrogen and oxygen atoms in total. The van der Waals surface area contributed by atoms with E-state index in [-0.39, 0.29) is 18.4 Å². The number of piperazine rings is 1. The van der Waals surface area contributed by atoms with Gasteiger partial charge in [0.25, 0.3) is 0 Å². The van der Waals surface area contributed by atoms with Crippen LogP contribution >= 0.6 is 0 Å². The third kappa shape index (κ3) is 4.20. The van der Waals surface area contributed by atoms with Crippen molar-refractivity contribution >= 4 is 11.2 Å². The Bertz CT molecular complexity index is 1540. The summed E-state index contributed by atoms with van der Waals surface area (Å²) in [6.07, 6.45) is 4.33. The Morgan fingerprint density at radius 1 is 1.11 bits per heavy atom. The minimum atomic E-state index is -0.270. The van der Waals surface area contributed by atoms with Gasteiger partial charge in [0.2, 0.25) is 0 Å². The highest BCUT2D eigenvalue weighted by molar-refractivity contribution is 5.79. The number of imidazole rings is 1. The molecule has 2 unspecified atom stereocenters. The van der Waals surface area contributed by atoms with Gasteiger partial charge in [0.05, 0.1) is 24.9 Å². The lowest BCUT2D eigenvalue weighted by molar-refractivity contribution is 0.143. The molecule has 0 amide bonds. The molecule has 2 bridgehead atoms. The molecule has 6 rings (SSSR count). The van der Waals surface area contributed by atoms with Gasteiger partial charge in [-0.3, -0.25) is 9.88 Å². The topological polar surface area (TPSA) is 96.0 Å². The van der Waals surface area contributed by atoms with E-state index in [0.29, 0.717) is 51.5 Å². The number of methoxy groups -OCH3 is 1. The lowest BCUT2D eigenvalue weighted by Crippen LogP contribution is -2.43. The van der Waals surface area contributed by atoms with E-state index in [0.717, 1.165) is 25.2 Å². The SMILES string of the molecule is COc1nc(C)c2nc(-c3cncc(C#N)c3)n(Cc3ccc(CN4CC5CC4CN5C)cc3F)c2n1. The summed E-state index contributed by atoms with van der Waals surface area (Å²) in [6, 6.07) is 10.7. The van der Waals surface area contributed by atoms with Gasteiger partial charge in [0.1, 0.15) is 23.2 Å². The first kappa shape index (κ1) is 23.5. The van der Waals surface area contributed by atoms with Crippen molar-refractivity contribution in [2.45, 2.75) is 38.5 Å². The number of likely N-dealkylation sites (tertiary alicyclic amines) is 2. The molecule has 4 aromatic rings. The van der Waals surface area contributed by atoms with Crippen LogP contribution in [0.15, 0.2) is 36.7 Å². The van der Waals surface area contributed by atoms with E-state index in [1.807, 2.05) is 23.6 Å². The van der Waals surface area contributed by atoms with Crippen LogP contribution in [-0.2, 0) is 13.1 Å². The fraction of sp³-hybridized carbons (Fsp3) is 0.370. The zero-order chi connectivity index (χ0) is 25.7. The molecule has 0 spiro atoms. The van der Waals surface area contributed by atoms with E-state index in [4.69, 9.17) is 9.72 Å². The van der Waals surface area contributed by atoms with Crippen LogP contribution in [0, 0.1) is 24.1 Å². The third-order valence-electron chi connectivity index (χ3n) is 7.52. The van der Waals surface area contributed by atoms with Crippen molar-refractivity contribution in [3.05, 3.63) is 64.9 Å². The van der Waals surface area contributed by atoms with Crippen LogP contribution in [0.4, 0.5) is 4.39 Å². The Labute approximate surface area is 214 Å². The number of aryl methyl sites for hydroxylation is 1. The van der Waals surface area contributed by atoms with Crippen LogP contribution in [0.5, 0.6) is 6.01 Å². The molecule has 0 N–H and O–H groups in total. The fourth-order valence-electron chi connectivity index (χ4n) is 5.56. The van der Waals surface area contributed by atoms with Crippen molar-refractivity contribution in [1.29, 1.82) is 5.26 Å². The number of nitrogens with zero attached hydrogens (tertiary/aromatic N) is 8. The number of halogens is 1. The van der Waals surface area contributed by atoms with E-state index in [1.165, 1.54) is 19.7 Å². The van der Waals surface area contributed by atoms with Crippen LogP contribution in [0.1, 0.15) is 28.8 Å². The molecule has 2 aliphatic heterocycles. The number of nitriles is 1. The summed E-state index contributed by atoms with van der Waals surface area (Å²) >= 11 is 0. The van der Waals surface area contributed by atoms with Crippen molar-refractivity contribution in [1.82, 2.24) is 34.3 Å². The number of aromatic nitrogens is 5. The average molecular weight is 499 g/mol. The lowest BCUT2D eigenvalue weighted by Gasteiger charge is -2.31. The number of benzene rings is 1. The second kappa shape index (κ2) is 9.18. The van der Waals surface area contributed by atoms with Crippen molar-refractivity contribution in [3.63, 3.8) is 0 Å². The van der Waals surface area contributed by atoms with Gasteiger partial charge in [-0.15, -0.1) is 0 Å². The normalized spacial score (nSPS) is 19.5. The Morgan fingerprint density at radius 3 is 2.68 bits per heavy atom. The van der Waals surface area contributed by atoms with Crippen LogP contribution in [0.2, 0.25) is 0 Å². The lowest BCUT2D eigenvalue weighted by atomic mass is 10.1. The van der Waals surface area contributed by atoms with E-state index in [2.05, 4.69) is 37.9 Å². The maximum absolute atomic E-state index is 15.5. The van der Waals surface area contributed by atoms with Crippen molar-refractivity contribution < 1.29 is 9.13 Å². The van der Waals surface area contributed by atoms with Crippen molar-refractivity contribution in [3.8, 4) is 23.5 Å². The first-order chi connectivity index (χ1) is 17.9. The molecule has 2 aliphatic rings. The zero-order valence-electron chi connectivity index (χ0n) is 21.0. The summed E-state index contributed by atoms with van der Waals surface area (Å²) in [5.41, 5.74) is 4.30. The molecule has 1 aromatic carbocycles. The molecular formula is C27H27FN8O. The van der Waals surface area contributed by atoms with Gasteiger partial charge in [-0.25, -0.2) is 9.37 Å². The zero-order valence-corrected chi connectivity index (χ0v) is 21.0. The van der Waals surface area contributed by atoms with Gasteiger partial charge in [-0.2, -0.15) is 15.2 Å². The summed E-state index contributed by atoms with van der Waals surface area (Å²) in [4.78, 5) is 22.7. The molecule has 3 aromatic heterocycles. The van der Waals surface area contributed by atoms with Crippen molar-refractivity contribution in [2.24, 2.45) is 0 Å². The number of hydrogen-bond donors (Lipinski definition) is 0. The molecule has 2 atom stereocenters. The smallest absolute Gasteiger partial charge is 0.318 e. The van der Waals surface area contributed by atoms with Gasteiger partial charge in [-0.05, 0) is 38.1 Å². The van der Waals surface area contributed by atoms with Crippen molar-refractivity contribution in [2.75, 3.05) is 27.2 Å². The van der Waals surface area contributed by atoms with Gasteiger partial charge in [0.15, 0.2) is 5.65 Å². The van der Waals surface area contributed by atoms with Gasteiger partial charge in [-0.1, -0.05) is 12.1 Å². The molecule has 0 radical (unpaired) electrons. The number of pyridine rings is 1. The minimum absolute atomic E-state index is 0.202. The average Bonchev–Trinajstić information content (AvgIpc) is 3.58. The standard InChI is InChI=1S/C27H27FN8O/c1-16-24-26(33-27(31-16)37-3)36(25(32-24)20-6-18(9-29)10-30-11-20)13-19-5-4-17(7-23(19)28)12-35-15-21-8-22(35)14-34(21)2/h4-7,10-11,21-22H,8,12-15H2,1-3H3. The summed E-state index contributed by atoms with van der Waals surface area (Å²) in [5, 5.41) is 9.37. The highest BCUT2D eigenvalue weighted by Gasteiger charge is 2.41. The predicted octanol–water partition coefficient (Wildman–Crippen LogP) is 3.15. The highest BCUT2D eigenvalue weighted by atomic mass is 19.1. The molecule has 0 aliphatic carbocycles. The number of fused-ring (bicyclic) bond motifs is 3. The second-order valence-electron chi connectivity index (χ2n) is 9.90. The molecule has 0 saturated carbocycles. The molecule has 5 heterocycles. The number of ether oxygens (including phenoxy) is 1. The Balaban J connectivity index is 1.36. The molecular weight excluding hydrogens is 471 g/mol. The van der Waals surface area contributed by atoms with Gasteiger partial charge >= 0.3 is 6.01 Å². The van der Waals surface area contributed by atoms with Crippen LogP contribution < -0.4 is 4.74 Å². The number of likely N-dealkylation sites (N-methyl/N-ethyl adjacent to an activating group) is 1. The predicted molar refractivity (Wildman–Crippen MR) is 135 cm³/mol. The first-order valence-electron chi connectivity index (χ1n) is 12.3. The van der Waals surface area contributed by atoms with Crippen LogP contribution in [0.3, 0.4) is 0 Å². The van der Waals surface area contributed by atoms with Gasteiger partial charge < -0.3 is 14.2 Å². The summed E-state index contributed by atoms with van der Waals surface area (Å²) < 4.78 is 22.6. The summed E-state index contributed by atoms with van der Waals surface area (Å²) in [5.74, 6) is 0.263. The largest absolute Gasteiger partial charge is 0.467 e. The molecule has 2 fully saturated rings. The minimum Gasteiger partial charge on any atom is -0.467 e. The molecule has 188 valence electrons. The number of rotatable bonds is 6. The van der Waals surface area contributed by atoms with E-state index >= 15 is 4.39 Å². The van der Waals surface area contributed by atoms with Gasteiger partial charge in [0, 0.05) is 55.2 Å². The van der Waals surface area contributed by atoms with E-state index in [1.54, 1.807) is 18.3 Å². The Hall–Kier alpha value is -3.94. The van der Waals surface area contributed by atoms with Crippen LogP contribution in [0.25, 0.3) is 22.6 Å². The third-order valence-corrected chi connectivity index (χ3v) is 7.52. The first-order valence-corrected chi connectivity index (χ1v) is 12.3. The maximum Gasteiger partial charge on any atom is 0.318 e. The monoisotopic (exact) mass is 498 g/mol. The summed E-state index contributed by atoms with van der Waals surface area (Å²) in [7, 11) is 3.68. The Morgan fingerprint density at radius 2 is 1.97 bits per heavy atom.